The number of phenolic OH excluding ortho intramolecular Hbond substituents is 2. The van der Waals surface area contributed by atoms with E-state index in [9.17, 15) is 10.2 Å². The number of benzene rings is 1. The number of unbranched alkanes of at least 4 members (excludes halogenated alkanes) is 9. The van der Waals surface area contributed by atoms with Gasteiger partial charge in [-0.3, -0.25) is 0 Å². The lowest BCUT2D eigenvalue weighted by Gasteiger charge is -2.04. The SMILES string of the molecule is CCCCC=CCCCCCCCCCc1cc(O)cc(O)c1. The van der Waals surface area contributed by atoms with Crippen LogP contribution in [0.1, 0.15) is 83.1 Å². The third-order valence-corrected chi connectivity index (χ3v) is 4.19. The first-order valence-corrected chi connectivity index (χ1v) is 9.39. The number of aryl methyl sites for hydroxylation is 1. The molecule has 0 spiro atoms. The highest BCUT2D eigenvalue weighted by Crippen LogP contribution is 2.22. The molecule has 2 heteroatoms. The summed E-state index contributed by atoms with van der Waals surface area (Å²) in [6.07, 6.45) is 19.7. The summed E-state index contributed by atoms with van der Waals surface area (Å²) in [5, 5.41) is 18.9. The lowest BCUT2D eigenvalue weighted by molar-refractivity contribution is 0.449. The van der Waals surface area contributed by atoms with Crippen LogP contribution in [-0.4, -0.2) is 10.2 Å². The van der Waals surface area contributed by atoms with Gasteiger partial charge in [0.25, 0.3) is 0 Å². The Morgan fingerprint density at radius 2 is 1.22 bits per heavy atom. The van der Waals surface area contributed by atoms with Gasteiger partial charge in [-0.1, -0.05) is 64.0 Å². The standard InChI is InChI=1S/C21H34O2/c1-2-3-4-5-6-7-8-9-10-11-12-13-14-15-19-16-20(22)18-21(23)17-19/h5-6,16-18,22-23H,2-4,7-15H2,1H3. The van der Waals surface area contributed by atoms with Crippen molar-refractivity contribution in [1.82, 2.24) is 0 Å². The largest absolute Gasteiger partial charge is 0.508 e. The van der Waals surface area contributed by atoms with Crippen LogP contribution in [0.4, 0.5) is 0 Å². The topological polar surface area (TPSA) is 40.5 Å². The number of rotatable bonds is 13. The first-order chi connectivity index (χ1) is 11.2. The Hall–Kier alpha value is -1.44. The Morgan fingerprint density at radius 1 is 0.696 bits per heavy atom. The molecule has 0 aliphatic rings. The van der Waals surface area contributed by atoms with Gasteiger partial charge in [0.05, 0.1) is 0 Å². The Bertz CT molecular complexity index is 417. The lowest BCUT2D eigenvalue weighted by atomic mass is 10.0. The molecule has 0 radical (unpaired) electrons. The van der Waals surface area contributed by atoms with Gasteiger partial charge in [-0.05, 0) is 49.8 Å². The van der Waals surface area contributed by atoms with E-state index >= 15 is 0 Å². The minimum atomic E-state index is 0.156. The normalized spacial score (nSPS) is 11.3. The van der Waals surface area contributed by atoms with Crippen molar-refractivity contribution in [3.8, 4) is 11.5 Å². The van der Waals surface area contributed by atoms with Gasteiger partial charge in [0.1, 0.15) is 11.5 Å². The van der Waals surface area contributed by atoms with Crippen LogP contribution in [0.2, 0.25) is 0 Å². The van der Waals surface area contributed by atoms with Crippen LogP contribution in [0.3, 0.4) is 0 Å². The molecule has 0 bridgehead atoms. The van der Waals surface area contributed by atoms with E-state index in [1.807, 2.05) is 0 Å². The zero-order valence-electron chi connectivity index (χ0n) is 14.8. The number of aromatic hydroxyl groups is 2. The molecular weight excluding hydrogens is 284 g/mol. The van der Waals surface area contributed by atoms with Gasteiger partial charge in [0.2, 0.25) is 0 Å². The van der Waals surface area contributed by atoms with Crippen molar-refractivity contribution in [1.29, 1.82) is 0 Å². The average Bonchev–Trinajstić information content (AvgIpc) is 2.51. The molecule has 0 atom stereocenters. The van der Waals surface area contributed by atoms with Crippen LogP contribution in [0.5, 0.6) is 11.5 Å². The molecule has 0 saturated heterocycles. The third kappa shape index (κ3) is 10.8. The van der Waals surface area contributed by atoms with E-state index in [1.54, 1.807) is 12.1 Å². The van der Waals surface area contributed by atoms with E-state index in [-0.39, 0.29) is 11.5 Å². The van der Waals surface area contributed by atoms with E-state index in [4.69, 9.17) is 0 Å². The minimum Gasteiger partial charge on any atom is -0.508 e. The number of phenols is 2. The minimum absolute atomic E-state index is 0.156. The molecule has 1 aromatic carbocycles. The van der Waals surface area contributed by atoms with E-state index in [1.165, 1.54) is 70.3 Å². The summed E-state index contributed by atoms with van der Waals surface area (Å²) < 4.78 is 0. The van der Waals surface area contributed by atoms with Crippen molar-refractivity contribution in [2.75, 3.05) is 0 Å². The quantitative estimate of drug-likeness (QED) is 0.321. The fraction of sp³-hybridized carbons (Fsp3) is 0.619. The maximum absolute atomic E-state index is 9.43. The second-order valence-corrected chi connectivity index (χ2v) is 6.48. The molecule has 23 heavy (non-hydrogen) atoms. The van der Waals surface area contributed by atoms with Gasteiger partial charge in [-0.25, -0.2) is 0 Å². The Balaban J connectivity index is 1.91. The van der Waals surface area contributed by atoms with Crippen molar-refractivity contribution in [3.63, 3.8) is 0 Å². The summed E-state index contributed by atoms with van der Waals surface area (Å²) in [6.45, 7) is 2.24. The van der Waals surface area contributed by atoms with Crippen LogP contribution in [0.15, 0.2) is 30.4 Å². The van der Waals surface area contributed by atoms with E-state index in [2.05, 4.69) is 19.1 Å². The molecule has 0 unspecified atom stereocenters. The summed E-state index contributed by atoms with van der Waals surface area (Å²) in [5.74, 6) is 0.312. The van der Waals surface area contributed by atoms with Gasteiger partial charge < -0.3 is 10.2 Å². The second kappa shape index (κ2) is 13.0. The van der Waals surface area contributed by atoms with Crippen LogP contribution in [0, 0.1) is 0 Å². The third-order valence-electron chi connectivity index (χ3n) is 4.19. The van der Waals surface area contributed by atoms with Crippen molar-refractivity contribution < 1.29 is 10.2 Å². The average molecular weight is 319 g/mol. The zero-order chi connectivity index (χ0) is 16.8. The van der Waals surface area contributed by atoms with Crippen LogP contribution >= 0.6 is 0 Å². The molecule has 130 valence electrons. The molecule has 0 aliphatic heterocycles. The molecule has 0 fully saturated rings. The van der Waals surface area contributed by atoms with Crippen LogP contribution in [0.25, 0.3) is 0 Å². The number of hydrogen-bond donors (Lipinski definition) is 2. The van der Waals surface area contributed by atoms with Crippen molar-refractivity contribution in [2.24, 2.45) is 0 Å². The maximum atomic E-state index is 9.43. The Kier molecular flexibility index (Phi) is 11.1. The Labute approximate surface area is 142 Å². The maximum Gasteiger partial charge on any atom is 0.119 e. The van der Waals surface area contributed by atoms with Crippen LogP contribution in [-0.2, 0) is 6.42 Å². The highest BCUT2D eigenvalue weighted by molar-refractivity contribution is 5.36. The first-order valence-electron chi connectivity index (χ1n) is 9.39. The summed E-state index contributed by atoms with van der Waals surface area (Å²) in [5.41, 5.74) is 1.03. The summed E-state index contributed by atoms with van der Waals surface area (Å²) >= 11 is 0. The zero-order valence-corrected chi connectivity index (χ0v) is 14.8. The van der Waals surface area contributed by atoms with Gasteiger partial charge in [0, 0.05) is 6.07 Å². The van der Waals surface area contributed by atoms with E-state index in [0.29, 0.717) is 0 Å². The number of allylic oxidation sites excluding steroid dienone is 2. The molecule has 0 saturated carbocycles. The smallest absolute Gasteiger partial charge is 0.119 e. The molecule has 0 heterocycles. The molecule has 1 aromatic rings. The van der Waals surface area contributed by atoms with E-state index in [0.717, 1.165) is 18.4 Å². The summed E-state index contributed by atoms with van der Waals surface area (Å²) in [4.78, 5) is 0. The molecule has 0 aromatic heterocycles. The van der Waals surface area contributed by atoms with Crippen LogP contribution < -0.4 is 0 Å². The molecule has 0 amide bonds. The highest BCUT2D eigenvalue weighted by Gasteiger charge is 1.99. The molecule has 1 rings (SSSR count). The molecular formula is C21H34O2. The summed E-state index contributed by atoms with van der Waals surface area (Å²) in [6, 6.07) is 4.87. The number of hydrogen-bond acceptors (Lipinski definition) is 2. The van der Waals surface area contributed by atoms with E-state index < -0.39 is 0 Å². The van der Waals surface area contributed by atoms with Gasteiger partial charge in [-0.15, -0.1) is 0 Å². The monoisotopic (exact) mass is 318 g/mol. The predicted octanol–water partition coefficient (Wildman–Crippen LogP) is 6.51. The first kappa shape index (κ1) is 19.6. The highest BCUT2D eigenvalue weighted by atomic mass is 16.3. The molecule has 2 N–H and O–H groups in total. The van der Waals surface area contributed by atoms with Gasteiger partial charge in [0.15, 0.2) is 0 Å². The molecule has 2 nitrogen and oxygen atoms in total. The predicted molar refractivity (Wildman–Crippen MR) is 99.1 cm³/mol. The Morgan fingerprint density at radius 3 is 1.83 bits per heavy atom. The second-order valence-electron chi connectivity index (χ2n) is 6.48. The van der Waals surface area contributed by atoms with Gasteiger partial charge >= 0.3 is 0 Å². The molecule has 0 aliphatic carbocycles. The fourth-order valence-electron chi connectivity index (χ4n) is 2.83. The van der Waals surface area contributed by atoms with Crippen molar-refractivity contribution in [2.45, 2.75) is 84.0 Å². The summed E-state index contributed by atoms with van der Waals surface area (Å²) in [7, 11) is 0. The fourth-order valence-corrected chi connectivity index (χ4v) is 2.83. The van der Waals surface area contributed by atoms with Crippen molar-refractivity contribution >= 4 is 0 Å². The lowest BCUT2D eigenvalue weighted by Crippen LogP contribution is -1.86. The van der Waals surface area contributed by atoms with Crippen molar-refractivity contribution in [3.05, 3.63) is 35.9 Å². The van der Waals surface area contributed by atoms with Gasteiger partial charge in [-0.2, -0.15) is 0 Å².